The number of aryl methyl sites for hydroxylation is 1. The minimum absolute atomic E-state index is 0.0792. The van der Waals surface area contributed by atoms with E-state index in [0.29, 0.717) is 18.3 Å². The van der Waals surface area contributed by atoms with Crippen LogP contribution in [0.15, 0.2) is 60.3 Å². The van der Waals surface area contributed by atoms with Gasteiger partial charge in [0, 0.05) is 17.8 Å². The number of carbonyl (C=O) groups is 1. The largest absolute Gasteiger partial charge is 0.494 e. The first-order valence-corrected chi connectivity index (χ1v) is 10.8. The first-order chi connectivity index (χ1) is 14.5. The van der Waals surface area contributed by atoms with Crippen molar-refractivity contribution in [1.82, 2.24) is 14.8 Å². The van der Waals surface area contributed by atoms with E-state index in [1.807, 2.05) is 67.8 Å². The van der Waals surface area contributed by atoms with Crippen molar-refractivity contribution in [3.63, 3.8) is 0 Å². The normalized spacial score (nSPS) is 10.6. The lowest BCUT2D eigenvalue weighted by atomic mass is 10.1. The van der Waals surface area contributed by atoms with Crippen molar-refractivity contribution in [1.29, 1.82) is 0 Å². The van der Waals surface area contributed by atoms with Gasteiger partial charge in [-0.05, 0) is 62.2 Å². The van der Waals surface area contributed by atoms with Crippen molar-refractivity contribution in [2.75, 3.05) is 17.7 Å². The van der Waals surface area contributed by atoms with Gasteiger partial charge in [0.15, 0.2) is 11.0 Å². The third kappa shape index (κ3) is 5.10. The second kappa shape index (κ2) is 10.1. The molecule has 0 fully saturated rings. The molecule has 1 aromatic heterocycles. The highest BCUT2D eigenvalue weighted by Gasteiger charge is 2.15. The van der Waals surface area contributed by atoms with E-state index in [2.05, 4.69) is 22.1 Å². The van der Waals surface area contributed by atoms with Gasteiger partial charge in [-0.1, -0.05) is 30.0 Å². The summed E-state index contributed by atoms with van der Waals surface area (Å²) >= 11 is 1.36. The predicted molar refractivity (Wildman–Crippen MR) is 122 cm³/mol. The number of amides is 1. The molecule has 0 aliphatic rings. The summed E-state index contributed by atoms with van der Waals surface area (Å²) in [4.78, 5) is 12.5. The maximum Gasteiger partial charge on any atom is 0.234 e. The number of thioether (sulfide) groups is 1. The zero-order chi connectivity index (χ0) is 21.5. The van der Waals surface area contributed by atoms with E-state index < -0.39 is 0 Å². The van der Waals surface area contributed by atoms with Crippen molar-refractivity contribution in [2.45, 2.75) is 32.5 Å². The van der Waals surface area contributed by atoms with Crippen LogP contribution in [0, 0.1) is 13.8 Å². The smallest absolute Gasteiger partial charge is 0.234 e. The Bertz CT molecular complexity index is 1030. The van der Waals surface area contributed by atoms with E-state index in [9.17, 15) is 4.79 Å². The van der Waals surface area contributed by atoms with Gasteiger partial charge in [0.2, 0.25) is 5.91 Å². The highest BCUT2D eigenvalue weighted by Crippen LogP contribution is 2.26. The van der Waals surface area contributed by atoms with Crippen molar-refractivity contribution in [3.8, 4) is 17.1 Å². The Labute approximate surface area is 181 Å². The molecule has 0 bridgehead atoms. The summed E-state index contributed by atoms with van der Waals surface area (Å²) < 4.78 is 7.46. The molecule has 2 aromatic carbocycles. The number of anilines is 1. The summed E-state index contributed by atoms with van der Waals surface area (Å²) in [7, 11) is 0. The number of carbonyl (C=O) groups excluding carboxylic acids is 1. The van der Waals surface area contributed by atoms with E-state index in [1.165, 1.54) is 11.8 Å². The SMILES string of the molecule is C=CCn1c(SCC(=O)Nc2cccc(C)c2C)nnc1-c1ccc(OCC)cc1. The van der Waals surface area contributed by atoms with E-state index in [4.69, 9.17) is 4.74 Å². The van der Waals surface area contributed by atoms with Crippen LogP contribution >= 0.6 is 11.8 Å². The number of ether oxygens (including phenoxy) is 1. The number of nitrogens with one attached hydrogen (secondary N) is 1. The molecule has 0 saturated heterocycles. The van der Waals surface area contributed by atoms with Gasteiger partial charge in [-0.3, -0.25) is 9.36 Å². The molecule has 1 amide bonds. The molecular formula is C23H26N4O2S. The molecular weight excluding hydrogens is 396 g/mol. The Morgan fingerprint density at radius 3 is 2.67 bits per heavy atom. The topological polar surface area (TPSA) is 69.0 Å². The van der Waals surface area contributed by atoms with Crippen LogP contribution in [-0.4, -0.2) is 33.0 Å². The molecule has 0 aliphatic carbocycles. The maximum atomic E-state index is 12.5. The predicted octanol–water partition coefficient (Wildman–Crippen LogP) is 4.88. The van der Waals surface area contributed by atoms with E-state index in [1.54, 1.807) is 6.08 Å². The Kier molecular flexibility index (Phi) is 7.30. The zero-order valence-electron chi connectivity index (χ0n) is 17.5. The molecule has 0 atom stereocenters. The van der Waals surface area contributed by atoms with Gasteiger partial charge in [-0.15, -0.1) is 16.8 Å². The molecule has 1 N–H and O–H groups in total. The standard InChI is InChI=1S/C23H26N4O2S/c1-5-14-27-22(18-10-12-19(13-11-18)29-6-2)25-26-23(27)30-15-21(28)24-20-9-7-8-16(3)17(20)4/h5,7-13H,1,6,14-15H2,2-4H3,(H,24,28). The highest BCUT2D eigenvalue weighted by atomic mass is 32.2. The van der Waals surface area contributed by atoms with Crippen LogP contribution in [0.5, 0.6) is 5.75 Å². The molecule has 7 heteroatoms. The van der Waals surface area contributed by atoms with Crippen LogP contribution in [0.3, 0.4) is 0 Å². The number of nitrogens with zero attached hydrogens (tertiary/aromatic N) is 3. The minimum Gasteiger partial charge on any atom is -0.494 e. The van der Waals surface area contributed by atoms with Crippen molar-refractivity contribution < 1.29 is 9.53 Å². The third-order valence-corrected chi connectivity index (χ3v) is 5.63. The molecule has 0 aliphatic heterocycles. The molecule has 156 valence electrons. The summed E-state index contributed by atoms with van der Waals surface area (Å²) in [5, 5.41) is 12.3. The van der Waals surface area contributed by atoms with E-state index in [-0.39, 0.29) is 11.7 Å². The third-order valence-electron chi connectivity index (χ3n) is 4.66. The Hall–Kier alpha value is -3.06. The molecule has 30 heavy (non-hydrogen) atoms. The van der Waals surface area contributed by atoms with Gasteiger partial charge in [0.05, 0.1) is 12.4 Å². The molecule has 3 rings (SSSR count). The minimum atomic E-state index is -0.0792. The summed E-state index contributed by atoms with van der Waals surface area (Å²) in [6.07, 6.45) is 1.79. The zero-order valence-corrected chi connectivity index (χ0v) is 18.3. The molecule has 1 heterocycles. The van der Waals surface area contributed by atoms with Crippen LogP contribution in [-0.2, 0) is 11.3 Å². The molecule has 0 unspecified atom stereocenters. The Balaban J connectivity index is 1.72. The van der Waals surface area contributed by atoms with Crippen molar-refractivity contribution >= 4 is 23.4 Å². The number of allylic oxidation sites excluding steroid dienone is 1. The number of rotatable bonds is 9. The first-order valence-electron chi connectivity index (χ1n) is 9.79. The van der Waals surface area contributed by atoms with E-state index in [0.717, 1.165) is 34.0 Å². The quantitative estimate of drug-likeness (QED) is 0.393. The van der Waals surface area contributed by atoms with Gasteiger partial charge >= 0.3 is 0 Å². The summed E-state index contributed by atoms with van der Waals surface area (Å²) in [6, 6.07) is 13.6. The Morgan fingerprint density at radius 1 is 1.20 bits per heavy atom. The lowest BCUT2D eigenvalue weighted by Crippen LogP contribution is -2.15. The van der Waals surface area contributed by atoms with Gasteiger partial charge in [-0.25, -0.2) is 0 Å². The molecule has 3 aromatic rings. The first kappa shape index (κ1) is 21.6. The monoisotopic (exact) mass is 422 g/mol. The summed E-state index contributed by atoms with van der Waals surface area (Å²) in [6.45, 7) is 11.0. The molecule has 0 spiro atoms. The maximum absolute atomic E-state index is 12.5. The second-order valence-electron chi connectivity index (χ2n) is 6.75. The lowest BCUT2D eigenvalue weighted by Gasteiger charge is -2.11. The molecule has 0 radical (unpaired) electrons. The molecule has 6 nitrogen and oxygen atoms in total. The van der Waals surface area contributed by atoms with Gasteiger partial charge in [0.1, 0.15) is 5.75 Å². The number of benzene rings is 2. The highest BCUT2D eigenvalue weighted by molar-refractivity contribution is 7.99. The van der Waals surface area contributed by atoms with Crippen LogP contribution in [0.2, 0.25) is 0 Å². The fourth-order valence-corrected chi connectivity index (χ4v) is 3.72. The summed E-state index contributed by atoms with van der Waals surface area (Å²) in [5.41, 5.74) is 3.98. The van der Waals surface area contributed by atoms with Crippen molar-refractivity contribution in [3.05, 3.63) is 66.2 Å². The van der Waals surface area contributed by atoms with Crippen molar-refractivity contribution in [2.24, 2.45) is 0 Å². The van der Waals surface area contributed by atoms with E-state index >= 15 is 0 Å². The average molecular weight is 423 g/mol. The molecule has 0 saturated carbocycles. The van der Waals surface area contributed by atoms with Crippen LogP contribution in [0.1, 0.15) is 18.1 Å². The van der Waals surface area contributed by atoms with Gasteiger partial charge < -0.3 is 10.1 Å². The second-order valence-corrected chi connectivity index (χ2v) is 7.69. The fraction of sp³-hybridized carbons (Fsp3) is 0.261. The Morgan fingerprint density at radius 2 is 1.97 bits per heavy atom. The summed E-state index contributed by atoms with van der Waals surface area (Å²) in [5.74, 6) is 1.71. The fourth-order valence-electron chi connectivity index (χ4n) is 2.97. The van der Waals surface area contributed by atoms with Crippen LogP contribution in [0.4, 0.5) is 5.69 Å². The van der Waals surface area contributed by atoms with Crippen LogP contribution in [0.25, 0.3) is 11.4 Å². The average Bonchev–Trinajstić information content (AvgIpc) is 3.14. The van der Waals surface area contributed by atoms with Gasteiger partial charge in [0.25, 0.3) is 0 Å². The lowest BCUT2D eigenvalue weighted by molar-refractivity contribution is -0.113. The van der Waals surface area contributed by atoms with Crippen LogP contribution < -0.4 is 10.1 Å². The van der Waals surface area contributed by atoms with Gasteiger partial charge in [-0.2, -0.15) is 0 Å². The number of hydrogen-bond acceptors (Lipinski definition) is 5. The number of hydrogen-bond donors (Lipinski definition) is 1. The number of aromatic nitrogens is 3.